The Bertz CT molecular complexity index is 563. The Morgan fingerprint density at radius 3 is 2.67 bits per heavy atom. The molecule has 134 valence electrons. The van der Waals surface area contributed by atoms with Crippen molar-refractivity contribution in [3.63, 3.8) is 0 Å². The van der Waals surface area contributed by atoms with Crippen molar-refractivity contribution >= 4 is 0 Å². The molecule has 0 aromatic heterocycles. The van der Waals surface area contributed by atoms with Crippen LogP contribution >= 0.6 is 0 Å². The molecule has 2 atom stereocenters. The Morgan fingerprint density at radius 1 is 1.17 bits per heavy atom. The fraction of sp³-hybridized carbons (Fsp3) is 0.727. The molecule has 1 aromatic carbocycles. The van der Waals surface area contributed by atoms with E-state index in [1.807, 2.05) is 6.07 Å². The number of phenolic OH excluding ortho intramolecular Hbond substituents is 1. The molecule has 2 heteroatoms. The molecular formula is C22H35NO. The Hall–Kier alpha value is -1.02. The van der Waals surface area contributed by atoms with E-state index in [9.17, 15) is 5.11 Å². The molecule has 3 rings (SSSR count). The third kappa shape index (κ3) is 3.49. The molecule has 0 bridgehead atoms. The van der Waals surface area contributed by atoms with Gasteiger partial charge in [-0.15, -0.1) is 0 Å². The van der Waals surface area contributed by atoms with Crippen LogP contribution in [-0.2, 0) is 5.41 Å². The lowest BCUT2D eigenvalue weighted by atomic mass is 9.58. The van der Waals surface area contributed by atoms with Gasteiger partial charge in [-0.25, -0.2) is 0 Å². The van der Waals surface area contributed by atoms with Gasteiger partial charge in [-0.05, 0) is 87.2 Å². The quantitative estimate of drug-likeness (QED) is 0.671. The van der Waals surface area contributed by atoms with Gasteiger partial charge in [0.05, 0.1) is 0 Å². The molecule has 0 heterocycles. The highest BCUT2D eigenvalue weighted by molar-refractivity contribution is 5.48. The van der Waals surface area contributed by atoms with Gasteiger partial charge in [0.25, 0.3) is 0 Å². The first-order valence-electron chi connectivity index (χ1n) is 10.1. The highest BCUT2D eigenvalue weighted by atomic mass is 16.3. The highest BCUT2D eigenvalue weighted by Gasteiger charge is 2.45. The van der Waals surface area contributed by atoms with Crippen LogP contribution in [0.1, 0.15) is 75.0 Å². The fourth-order valence-corrected chi connectivity index (χ4v) is 5.28. The zero-order valence-electron chi connectivity index (χ0n) is 15.8. The minimum Gasteiger partial charge on any atom is -0.508 e. The Labute approximate surface area is 148 Å². The minimum atomic E-state index is 0.260. The van der Waals surface area contributed by atoms with Crippen LogP contribution in [0.5, 0.6) is 5.75 Å². The van der Waals surface area contributed by atoms with Gasteiger partial charge in [-0.2, -0.15) is 0 Å². The van der Waals surface area contributed by atoms with Crippen LogP contribution < -0.4 is 5.32 Å². The van der Waals surface area contributed by atoms with Crippen LogP contribution in [0.15, 0.2) is 12.1 Å². The molecular weight excluding hydrogens is 294 g/mol. The van der Waals surface area contributed by atoms with Gasteiger partial charge in [0, 0.05) is 5.41 Å². The largest absolute Gasteiger partial charge is 0.508 e. The second kappa shape index (κ2) is 7.47. The summed E-state index contributed by atoms with van der Waals surface area (Å²) < 4.78 is 0. The summed E-state index contributed by atoms with van der Waals surface area (Å²) in [7, 11) is 0. The molecule has 0 radical (unpaired) electrons. The van der Waals surface area contributed by atoms with Crippen molar-refractivity contribution in [2.45, 2.75) is 77.6 Å². The van der Waals surface area contributed by atoms with Crippen LogP contribution in [0.25, 0.3) is 0 Å². The minimum absolute atomic E-state index is 0.260. The maximum absolute atomic E-state index is 10.4. The van der Waals surface area contributed by atoms with Crippen LogP contribution in [0.4, 0.5) is 0 Å². The van der Waals surface area contributed by atoms with Gasteiger partial charge in [-0.1, -0.05) is 38.7 Å². The first-order valence-corrected chi connectivity index (χ1v) is 10.1. The van der Waals surface area contributed by atoms with E-state index in [0.29, 0.717) is 5.75 Å². The zero-order valence-corrected chi connectivity index (χ0v) is 15.8. The van der Waals surface area contributed by atoms with E-state index < -0.39 is 0 Å². The smallest absolute Gasteiger partial charge is 0.118 e. The fourth-order valence-electron chi connectivity index (χ4n) is 5.28. The number of benzene rings is 1. The molecule has 0 aliphatic heterocycles. The van der Waals surface area contributed by atoms with E-state index in [1.165, 1.54) is 62.5 Å². The third-order valence-corrected chi connectivity index (χ3v) is 6.66. The summed E-state index contributed by atoms with van der Waals surface area (Å²) in [6.45, 7) is 8.71. The average Bonchev–Trinajstić information content (AvgIpc) is 3.38. The lowest BCUT2D eigenvalue weighted by Gasteiger charge is -2.47. The third-order valence-electron chi connectivity index (χ3n) is 6.66. The molecule has 2 saturated carbocycles. The maximum Gasteiger partial charge on any atom is 0.118 e. The summed E-state index contributed by atoms with van der Waals surface area (Å²) in [6.07, 6.45) is 10.9. The zero-order chi connectivity index (χ0) is 17.2. The Balaban J connectivity index is 2.01. The van der Waals surface area contributed by atoms with Crippen molar-refractivity contribution in [2.75, 3.05) is 13.1 Å². The van der Waals surface area contributed by atoms with Gasteiger partial charge < -0.3 is 10.4 Å². The molecule has 1 aromatic rings. The monoisotopic (exact) mass is 329 g/mol. The molecule has 0 spiro atoms. The van der Waals surface area contributed by atoms with Gasteiger partial charge >= 0.3 is 0 Å². The number of aromatic hydroxyl groups is 1. The molecule has 2 nitrogen and oxygen atoms in total. The second-order valence-electron chi connectivity index (χ2n) is 8.28. The summed E-state index contributed by atoms with van der Waals surface area (Å²) in [6, 6.07) is 4.01. The van der Waals surface area contributed by atoms with Gasteiger partial charge in [0.2, 0.25) is 0 Å². The van der Waals surface area contributed by atoms with Crippen molar-refractivity contribution < 1.29 is 5.11 Å². The van der Waals surface area contributed by atoms with E-state index in [4.69, 9.17) is 0 Å². The normalized spacial score (nSPS) is 27.4. The summed E-state index contributed by atoms with van der Waals surface area (Å²) in [5.41, 5.74) is 4.25. The van der Waals surface area contributed by atoms with Crippen LogP contribution in [0, 0.1) is 25.7 Å². The molecule has 0 amide bonds. The van der Waals surface area contributed by atoms with Gasteiger partial charge in [0.1, 0.15) is 5.75 Å². The summed E-state index contributed by atoms with van der Waals surface area (Å²) in [5, 5.41) is 14.0. The Kier molecular flexibility index (Phi) is 5.54. The van der Waals surface area contributed by atoms with E-state index in [-0.39, 0.29) is 5.41 Å². The topological polar surface area (TPSA) is 32.3 Å². The van der Waals surface area contributed by atoms with Crippen molar-refractivity contribution in [3.05, 3.63) is 28.8 Å². The summed E-state index contributed by atoms with van der Waals surface area (Å²) in [5.74, 6) is 2.25. The first-order chi connectivity index (χ1) is 11.6. The molecule has 2 unspecified atom stereocenters. The highest BCUT2D eigenvalue weighted by Crippen LogP contribution is 2.53. The number of rotatable bonds is 7. The number of hydrogen-bond donors (Lipinski definition) is 2. The first kappa shape index (κ1) is 17.8. The van der Waals surface area contributed by atoms with Crippen molar-refractivity contribution in [3.8, 4) is 5.75 Å². The lowest BCUT2D eigenvalue weighted by molar-refractivity contribution is 0.152. The predicted molar refractivity (Wildman–Crippen MR) is 102 cm³/mol. The summed E-state index contributed by atoms with van der Waals surface area (Å²) >= 11 is 0. The van der Waals surface area contributed by atoms with E-state index in [1.54, 1.807) is 0 Å². The molecule has 2 fully saturated rings. The van der Waals surface area contributed by atoms with Crippen LogP contribution in [0.2, 0.25) is 0 Å². The standard InChI is InChI=1S/C22H35NO/c1-4-23-14-13-22(21-16(2)8-11-20(24)17(21)3)12-6-5-7-19(22)15-18-9-10-18/h8,11,18-19,23-24H,4-7,9-10,12-15H2,1-3H3. The Morgan fingerprint density at radius 2 is 1.96 bits per heavy atom. The molecule has 2 aliphatic rings. The van der Waals surface area contributed by atoms with Crippen molar-refractivity contribution in [1.29, 1.82) is 0 Å². The SMILES string of the molecule is CCNCCC1(c2c(C)ccc(O)c2C)CCCCC1CC1CC1. The second-order valence-corrected chi connectivity index (χ2v) is 8.28. The number of phenols is 1. The van der Waals surface area contributed by atoms with Crippen molar-refractivity contribution in [2.24, 2.45) is 11.8 Å². The van der Waals surface area contributed by atoms with Gasteiger partial charge in [-0.3, -0.25) is 0 Å². The molecule has 0 saturated heterocycles. The number of nitrogens with one attached hydrogen (secondary N) is 1. The van der Waals surface area contributed by atoms with Crippen LogP contribution in [-0.4, -0.2) is 18.2 Å². The molecule has 24 heavy (non-hydrogen) atoms. The predicted octanol–water partition coefficient (Wildman–Crippen LogP) is 5.24. The lowest BCUT2D eigenvalue weighted by Crippen LogP contribution is -2.42. The van der Waals surface area contributed by atoms with Crippen LogP contribution in [0.3, 0.4) is 0 Å². The molecule has 2 N–H and O–H groups in total. The van der Waals surface area contributed by atoms with E-state index >= 15 is 0 Å². The molecule has 2 aliphatic carbocycles. The van der Waals surface area contributed by atoms with Gasteiger partial charge in [0.15, 0.2) is 0 Å². The average molecular weight is 330 g/mol. The number of aryl methyl sites for hydroxylation is 1. The van der Waals surface area contributed by atoms with E-state index in [2.05, 4.69) is 32.2 Å². The van der Waals surface area contributed by atoms with Crippen molar-refractivity contribution in [1.82, 2.24) is 5.32 Å². The maximum atomic E-state index is 10.4. The van der Waals surface area contributed by atoms with E-state index in [0.717, 1.165) is 30.5 Å². The summed E-state index contributed by atoms with van der Waals surface area (Å²) in [4.78, 5) is 0. The number of hydrogen-bond acceptors (Lipinski definition) is 2.